The van der Waals surface area contributed by atoms with Crippen LogP contribution in [0.1, 0.15) is 44.1 Å². The van der Waals surface area contributed by atoms with Gasteiger partial charge in [0.1, 0.15) is 5.82 Å². The van der Waals surface area contributed by atoms with Crippen molar-refractivity contribution in [1.82, 2.24) is 14.9 Å². The molecule has 2 aromatic carbocycles. The van der Waals surface area contributed by atoms with Crippen molar-refractivity contribution in [1.29, 1.82) is 0 Å². The van der Waals surface area contributed by atoms with Crippen LogP contribution in [0.25, 0.3) is 22.4 Å². The van der Waals surface area contributed by atoms with Crippen LogP contribution in [0.3, 0.4) is 0 Å². The largest absolute Gasteiger partial charge is 0.340 e. The summed E-state index contributed by atoms with van der Waals surface area (Å²) < 4.78 is 0. The average molecular weight is 403 g/mol. The molecule has 1 amide bonds. The molecule has 2 heterocycles. The number of nitrogens with one attached hydrogen (secondary N) is 1. The topological polar surface area (TPSA) is 75.0 Å². The Morgan fingerprint density at radius 3 is 2.30 bits per heavy atom. The highest BCUT2D eigenvalue weighted by Gasteiger charge is 2.35. The van der Waals surface area contributed by atoms with Crippen LogP contribution in [0.15, 0.2) is 54.7 Å². The summed E-state index contributed by atoms with van der Waals surface area (Å²) in [4.78, 5) is 22.8. The van der Waals surface area contributed by atoms with Crippen molar-refractivity contribution in [3.63, 3.8) is 0 Å². The smallest absolute Gasteiger partial charge is 0.240 e. The Morgan fingerprint density at radius 2 is 1.67 bits per heavy atom. The molecule has 3 N–H and O–H groups in total. The van der Waals surface area contributed by atoms with Crippen LogP contribution in [0.5, 0.6) is 0 Å². The summed E-state index contributed by atoms with van der Waals surface area (Å²) in [6.45, 7) is 6.81. The fourth-order valence-corrected chi connectivity index (χ4v) is 4.03. The highest BCUT2D eigenvalue weighted by molar-refractivity contribution is 5.82. The van der Waals surface area contributed by atoms with E-state index >= 15 is 0 Å². The lowest BCUT2D eigenvalue weighted by molar-refractivity contribution is -0.134. The number of H-pyrrole nitrogens is 1. The number of nitrogens with two attached hydrogens (primary N) is 1. The summed E-state index contributed by atoms with van der Waals surface area (Å²) in [6, 6.07) is 16.5. The first-order valence-electron chi connectivity index (χ1n) is 10.7. The number of aromatic amines is 1. The summed E-state index contributed by atoms with van der Waals surface area (Å²) in [5.74, 6) is 0.986. The van der Waals surface area contributed by atoms with E-state index in [4.69, 9.17) is 5.73 Å². The molecule has 0 spiro atoms. The van der Waals surface area contributed by atoms with Gasteiger partial charge >= 0.3 is 0 Å². The second-order valence-corrected chi connectivity index (χ2v) is 8.58. The zero-order valence-corrected chi connectivity index (χ0v) is 17.9. The molecule has 1 saturated heterocycles. The minimum Gasteiger partial charge on any atom is -0.340 e. The van der Waals surface area contributed by atoms with Crippen molar-refractivity contribution in [2.45, 2.75) is 45.7 Å². The highest BCUT2D eigenvalue weighted by atomic mass is 16.2. The number of benzene rings is 2. The molecule has 4 rings (SSSR count). The van der Waals surface area contributed by atoms with E-state index in [9.17, 15) is 4.79 Å². The predicted molar refractivity (Wildman–Crippen MR) is 121 cm³/mol. The van der Waals surface area contributed by atoms with E-state index in [1.54, 1.807) is 0 Å². The SMILES string of the molecule is Cc1ccc(-c2ccc(-c3cnc([C@@H]4CCCN4C(=O)[C@@H](N)C(C)C)[nH]3)cc2)cc1. The molecule has 0 radical (unpaired) electrons. The van der Waals surface area contributed by atoms with E-state index in [-0.39, 0.29) is 17.9 Å². The molecule has 0 bridgehead atoms. The molecule has 156 valence electrons. The van der Waals surface area contributed by atoms with E-state index in [1.165, 1.54) is 16.7 Å². The van der Waals surface area contributed by atoms with Crippen molar-refractivity contribution in [3.05, 3.63) is 66.1 Å². The maximum atomic E-state index is 12.8. The van der Waals surface area contributed by atoms with Crippen LogP contribution in [-0.2, 0) is 4.79 Å². The summed E-state index contributed by atoms with van der Waals surface area (Å²) >= 11 is 0. The van der Waals surface area contributed by atoms with Gasteiger partial charge in [0.05, 0.1) is 24.0 Å². The lowest BCUT2D eigenvalue weighted by atomic mass is 10.0. The molecular formula is C25H30N4O. The van der Waals surface area contributed by atoms with Gasteiger partial charge in [-0.25, -0.2) is 4.98 Å². The van der Waals surface area contributed by atoms with E-state index in [0.29, 0.717) is 0 Å². The molecule has 3 aromatic rings. The number of aryl methyl sites for hydroxylation is 1. The number of aromatic nitrogens is 2. The number of hydrogen-bond acceptors (Lipinski definition) is 3. The third-order valence-corrected chi connectivity index (χ3v) is 6.03. The molecule has 5 nitrogen and oxygen atoms in total. The lowest BCUT2D eigenvalue weighted by Crippen LogP contribution is -2.46. The van der Waals surface area contributed by atoms with Gasteiger partial charge in [-0.2, -0.15) is 0 Å². The number of likely N-dealkylation sites (tertiary alicyclic amines) is 1. The van der Waals surface area contributed by atoms with Gasteiger partial charge in [-0.05, 0) is 42.4 Å². The molecule has 0 unspecified atom stereocenters. The molecule has 1 aliphatic rings. The molecule has 0 aliphatic carbocycles. The highest BCUT2D eigenvalue weighted by Crippen LogP contribution is 2.32. The van der Waals surface area contributed by atoms with Gasteiger partial charge in [-0.15, -0.1) is 0 Å². The van der Waals surface area contributed by atoms with Crippen molar-refractivity contribution in [2.24, 2.45) is 11.7 Å². The summed E-state index contributed by atoms with van der Waals surface area (Å²) in [6.07, 6.45) is 3.75. The number of amides is 1. The number of carbonyl (C=O) groups excluding carboxylic acids is 1. The van der Waals surface area contributed by atoms with Crippen LogP contribution in [0.4, 0.5) is 0 Å². The van der Waals surface area contributed by atoms with Crippen LogP contribution >= 0.6 is 0 Å². The number of imidazole rings is 1. The van der Waals surface area contributed by atoms with Crippen molar-refractivity contribution in [2.75, 3.05) is 6.54 Å². The number of hydrogen-bond donors (Lipinski definition) is 2. The Kier molecular flexibility index (Phi) is 5.73. The van der Waals surface area contributed by atoms with Crippen molar-refractivity contribution >= 4 is 5.91 Å². The Labute approximate surface area is 178 Å². The summed E-state index contributed by atoms with van der Waals surface area (Å²) in [5.41, 5.74) is 11.8. The second kappa shape index (κ2) is 8.44. The van der Waals surface area contributed by atoms with Crippen molar-refractivity contribution in [3.8, 4) is 22.4 Å². The molecule has 30 heavy (non-hydrogen) atoms. The predicted octanol–water partition coefficient (Wildman–Crippen LogP) is 4.70. The van der Waals surface area contributed by atoms with Gasteiger partial charge < -0.3 is 15.6 Å². The molecular weight excluding hydrogens is 372 g/mol. The molecule has 5 heteroatoms. The minimum absolute atomic E-state index is 0.0212. The number of rotatable bonds is 5. The van der Waals surface area contributed by atoms with E-state index < -0.39 is 6.04 Å². The van der Waals surface area contributed by atoms with Crippen LogP contribution < -0.4 is 5.73 Å². The van der Waals surface area contributed by atoms with Crippen LogP contribution in [0.2, 0.25) is 0 Å². The van der Waals surface area contributed by atoms with E-state index in [1.807, 2.05) is 24.9 Å². The molecule has 0 saturated carbocycles. The summed E-state index contributed by atoms with van der Waals surface area (Å²) in [7, 11) is 0. The van der Waals surface area contributed by atoms with Crippen LogP contribution in [0, 0.1) is 12.8 Å². The Bertz CT molecular complexity index is 1000. The van der Waals surface area contributed by atoms with E-state index in [0.717, 1.165) is 36.5 Å². The van der Waals surface area contributed by atoms with Crippen molar-refractivity contribution < 1.29 is 4.79 Å². The summed E-state index contributed by atoms with van der Waals surface area (Å²) in [5, 5.41) is 0. The average Bonchev–Trinajstić information content (AvgIpc) is 3.43. The first-order valence-corrected chi connectivity index (χ1v) is 10.7. The first-order chi connectivity index (χ1) is 14.4. The quantitative estimate of drug-likeness (QED) is 0.650. The lowest BCUT2D eigenvalue weighted by Gasteiger charge is -2.27. The molecule has 1 aliphatic heterocycles. The first kappa shape index (κ1) is 20.4. The monoisotopic (exact) mass is 402 g/mol. The standard InChI is InChI=1S/C25H30N4O/c1-16(2)23(26)25(30)29-14-4-5-22(29)24-27-15-21(28-24)20-12-10-19(11-13-20)18-8-6-17(3)7-9-18/h6-13,15-16,22-23H,4-5,14,26H2,1-3H3,(H,27,28)/t22-,23-/m0/s1. The number of carbonyl (C=O) groups is 1. The van der Waals surface area contributed by atoms with Gasteiger partial charge in [0.2, 0.25) is 5.91 Å². The normalized spacial score (nSPS) is 17.5. The molecule has 1 fully saturated rings. The zero-order chi connectivity index (χ0) is 21.3. The maximum absolute atomic E-state index is 12.8. The zero-order valence-electron chi connectivity index (χ0n) is 17.9. The Hall–Kier alpha value is -2.92. The fourth-order valence-electron chi connectivity index (χ4n) is 4.03. The molecule has 1 aromatic heterocycles. The van der Waals surface area contributed by atoms with Gasteiger partial charge in [0.15, 0.2) is 0 Å². The van der Waals surface area contributed by atoms with E-state index in [2.05, 4.69) is 65.4 Å². The van der Waals surface area contributed by atoms with Gasteiger partial charge in [0.25, 0.3) is 0 Å². The Balaban J connectivity index is 1.52. The fraction of sp³-hybridized carbons (Fsp3) is 0.360. The third kappa shape index (κ3) is 4.03. The Morgan fingerprint density at radius 1 is 1.07 bits per heavy atom. The maximum Gasteiger partial charge on any atom is 0.240 e. The third-order valence-electron chi connectivity index (χ3n) is 6.03. The molecule has 2 atom stereocenters. The van der Waals surface area contributed by atoms with Gasteiger partial charge in [-0.3, -0.25) is 4.79 Å². The number of nitrogens with zero attached hydrogens (tertiary/aromatic N) is 2. The van der Waals surface area contributed by atoms with Gasteiger partial charge in [0, 0.05) is 6.54 Å². The van der Waals surface area contributed by atoms with Crippen LogP contribution in [-0.4, -0.2) is 33.4 Å². The minimum atomic E-state index is -0.464. The van der Waals surface area contributed by atoms with Gasteiger partial charge in [-0.1, -0.05) is 67.9 Å². The second-order valence-electron chi connectivity index (χ2n) is 8.58.